The van der Waals surface area contributed by atoms with Gasteiger partial charge in [0, 0.05) is 22.9 Å². The molecule has 2 aliphatic rings. The Morgan fingerprint density at radius 1 is 1.52 bits per heavy atom. The number of amides is 2. The summed E-state index contributed by atoms with van der Waals surface area (Å²) in [5, 5.41) is 3.49. The van der Waals surface area contributed by atoms with Crippen LogP contribution >= 0.6 is 23.4 Å². The van der Waals surface area contributed by atoms with Crippen molar-refractivity contribution >= 4 is 40.9 Å². The van der Waals surface area contributed by atoms with Crippen LogP contribution in [0.5, 0.6) is 0 Å². The third-order valence-corrected chi connectivity index (χ3v) is 5.95. The standard InChI is InChI=1S/C15H17ClN2O2S/c1-9-3-4-10(16)7-11(9)17-14(20)12-8-21-15(2)6-5-13(19)18(12)15/h3-4,7,12H,5-6,8H2,1-2H3,(H,17,20)/t12-,15-/m0/s1. The van der Waals surface area contributed by atoms with E-state index in [1.807, 2.05) is 19.9 Å². The molecule has 1 N–H and O–H groups in total. The Bertz CT molecular complexity index is 622. The Labute approximate surface area is 133 Å². The van der Waals surface area contributed by atoms with Crippen LogP contribution in [0.15, 0.2) is 18.2 Å². The highest BCUT2D eigenvalue weighted by Crippen LogP contribution is 2.47. The van der Waals surface area contributed by atoms with E-state index in [9.17, 15) is 9.59 Å². The normalized spacial score (nSPS) is 27.9. The summed E-state index contributed by atoms with van der Waals surface area (Å²) in [6, 6.07) is 5.00. The molecule has 0 aromatic heterocycles. The number of fused-ring (bicyclic) bond motifs is 1. The van der Waals surface area contributed by atoms with E-state index in [-0.39, 0.29) is 16.7 Å². The van der Waals surface area contributed by atoms with Crippen molar-refractivity contribution in [2.24, 2.45) is 0 Å². The van der Waals surface area contributed by atoms with Crippen LogP contribution in [0.3, 0.4) is 0 Å². The topological polar surface area (TPSA) is 49.4 Å². The molecule has 2 fully saturated rings. The van der Waals surface area contributed by atoms with Crippen molar-refractivity contribution in [2.45, 2.75) is 37.6 Å². The van der Waals surface area contributed by atoms with Crippen LogP contribution in [0.4, 0.5) is 5.69 Å². The maximum Gasteiger partial charge on any atom is 0.248 e. The van der Waals surface area contributed by atoms with Crippen LogP contribution in [0.2, 0.25) is 5.02 Å². The molecule has 4 nitrogen and oxygen atoms in total. The van der Waals surface area contributed by atoms with E-state index in [4.69, 9.17) is 11.6 Å². The summed E-state index contributed by atoms with van der Waals surface area (Å²) in [6.07, 6.45) is 1.35. The van der Waals surface area contributed by atoms with Crippen molar-refractivity contribution in [3.8, 4) is 0 Å². The molecular weight excluding hydrogens is 308 g/mol. The fourth-order valence-corrected chi connectivity index (χ4v) is 4.56. The van der Waals surface area contributed by atoms with Crippen LogP contribution in [-0.2, 0) is 9.59 Å². The molecule has 2 heterocycles. The minimum Gasteiger partial charge on any atom is -0.324 e. The summed E-state index contributed by atoms with van der Waals surface area (Å²) in [7, 11) is 0. The van der Waals surface area contributed by atoms with Gasteiger partial charge in [-0.05, 0) is 38.0 Å². The number of anilines is 1. The minimum absolute atomic E-state index is 0.0745. The number of halogens is 1. The number of benzene rings is 1. The van der Waals surface area contributed by atoms with Crippen molar-refractivity contribution in [3.63, 3.8) is 0 Å². The van der Waals surface area contributed by atoms with Gasteiger partial charge in [0.15, 0.2) is 0 Å². The Hall–Kier alpha value is -1.20. The number of carbonyl (C=O) groups excluding carboxylic acids is 2. The minimum atomic E-state index is -0.395. The van der Waals surface area contributed by atoms with Gasteiger partial charge in [-0.25, -0.2) is 0 Å². The van der Waals surface area contributed by atoms with Gasteiger partial charge in [-0.3, -0.25) is 9.59 Å². The Balaban J connectivity index is 1.80. The fourth-order valence-electron chi connectivity index (χ4n) is 2.96. The van der Waals surface area contributed by atoms with Gasteiger partial charge in [-0.2, -0.15) is 0 Å². The first-order valence-corrected chi connectivity index (χ1v) is 8.30. The number of hydrogen-bond acceptors (Lipinski definition) is 3. The van der Waals surface area contributed by atoms with Crippen LogP contribution in [0.1, 0.15) is 25.3 Å². The number of nitrogens with one attached hydrogen (secondary N) is 1. The first-order chi connectivity index (χ1) is 9.90. The summed E-state index contributed by atoms with van der Waals surface area (Å²) >= 11 is 7.67. The fraction of sp³-hybridized carbons (Fsp3) is 0.467. The summed E-state index contributed by atoms with van der Waals surface area (Å²) in [6.45, 7) is 3.96. The predicted molar refractivity (Wildman–Crippen MR) is 85.5 cm³/mol. The van der Waals surface area contributed by atoms with Gasteiger partial charge < -0.3 is 10.2 Å². The molecule has 0 spiro atoms. The van der Waals surface area contributed by atoms with Crippen LogP contribution in [-0.4, -0.2) is 33.4 Å². The second kappa shape index (κ2) is 5.21. The average Bonchev–Trinajstić information content (AvgIpc) is 2.91. The molecule has 112 valence electrons. The van der Waals surface area contributed by atoms with Crippen LogP contribution < -0.4 is 5.32 Å². The van der Waals surface area contributed by atoms with E-state index >= 15 is 0 Å². The second-order valence-corrected chi connectivity index (χ2v) is 7.65. The largest absolute Gasteiger partial charge is 0.324 e. The third-order valence-electron chi connectivity index (χ3n) is 4.20. The molecule has 6 heteroatoms. The molecule has 2 atom stereocenters. The summed E-state index contributed by atoms with van der Waals surface area (Å²) in [4.78, 5) is 26.1. The number of rotatable bonds is 2. The molecule has 0 aliphatic carbocycles. The quantitative estimate of drug-likeness (QED) is 0.909. The molecule has 1 aromatic carbocycles. The molecular formula is C15H17ClN2O2S. The average molecular weight is 325 g/mol. The van der Waals surface area contributed by atoms with Gasteiger partial charge in [0.05, 0.1) is 4.87 Å². The second-order valence-electron chi connectivity index (χ2n) is 5.71. The lowest BCUT2D eigenvalue weighted by molar-refractivity contribution is -0.135. The summed E-state index contributed by atoms with van der Waals surface area (Å²) in [5.74, 6) is 0.588. The first kappa shape index (κ1) is 14.7. The Kier molecular flexibility index (Phi) is 3.66. The van der Waals surface area contributed by atoms with E-state index in [0.717, 1.165) is 12.0 Å². The highest BCUT2D eigenvalue weighted by atomic mass is 35.5. The van der Waals surface area contributed by atoms with Gasteiger partial charge in [0.1, 0.15) is 6.04 Å². The monoisotopic (exact) mass is 324 g/mol. The Morgan fingerprint density at radius 3 is 3.05 bits per heavy atom. The molecule has 1 aromatic rings. The van der Waals surface area contributed by atoms with Gasteiger partial charge >= 0.3 is 0 Å². The predicted octanol–water partition coefficient (Wildman–Crippen LogP) is 3.04. The zero-order chi connectivity index (χ0) is 15.2. The molecule has 2 saturated heterocycles. The van der Waals surface area contributed by atoms with E-state index in [2.05, 4.69) is 5.32 Å². The third kappa shape index (κ3) is 2.53. The molecule has 0 saturated carbocycles. The molecule has 2 amide bonds. The Morgan fingerprint density at radius 2 is 2.29 bits per heavy atom. The lowest BCUT2D eigenvalue weighted by Gasteiger charge is -2.30. The number of nitrogens with zero attached hydrogens (tertiary/aromatic N) is 1. The van der Waals surface area contributed by atoms with E-state index in [0.29, 0.717) is 22.9 Å². The van der Waals surface area contributed by atoms with Gasteiger partial charge in [0.2, 0.25) is 11.8 Å². The lowest BCUT2D eigenvalue weighted by Crippen LogP contribution is -2.48. The van der Waals surface area contributed by atoms with Gasteiger partial charge in [-0.15, -0.1) is 11.8 Å². The van der Waals surface area contributed by atoms with E-state index in [1.165, 1.54) is 0 Å². The zero-order valence-corrected chi connectivity index (χ0v) is 13.6. The molecule has 0 unspecified atom stereocenters. The van der Waals surface area contributed by atoms with Crippen LogP contribution in [0.25, 0.3) is 0 Å². The van der Waals surface area contributed by atoms with Crippen molar-refractivity contribution in [2.75, 3.05) is 11.1 Å². The SMILES string of the molecule is Cc1ccc(Cl)cc1NC(=O)[C@@H]1CS[C@@]2(C)CCC(=O)N12. The van der Waals surface area contributed by atoms with Crippen LogP contribution in [0, 0.1) is 6.92 Å². The highest BCUT2D eigenvalue weighted by Gasteiger charge is 2.52. The zero-order valence-electron chi connectivity index (χ0n) is 12.0. The van der Waals surface area contributed by atoms with E-state index in [1.54, 1.807) is 28.8 Å². The molecule has 0 radical (unpaired) electrons. The maximum absolute atomic E-state index is 12.5. The summed E-state index contributed by atoms with van der Waals surface area (Å²) in [5.41, 5.74) is 1.66. The molecule has 0 bridgehead atoms. The molecule has 3 rings (SSSR count). The van der Waals surface area contributed by atoms with Gasteiger partial charge in [0.25, 0.3) is 0 Å². The molecule has 21 heavy (non-hydrogen) atoms. The van der Waals surface area contributed by atoms with Crippen molar-refractivity contribution in [1.29, 1.82) is 0 Å². The summed E-state index contributed by atoms with van der Waals surface area (Å²) < 4.78 is 0. The van der Waals surface area contributed by atoms with Crippen molar-refractivity contribution in [1.82, 2.24) is 4.90 Å². The number of carbonyl (C=O) groups is 2. The number of thioether (sulfide) groups is 1. The van der Waals surface area contributed by atoms with Gasteiger partial charge in [-0.1, -0.05) is 17.7 Å². The highest BCUT2D eigenvalue weighted by molar-refractivity contribution is 8.01. The van der Waals surface area contributed by atoms with Crippen molar-refractivity contribution < 1.29 is 9.59 Å². The smallest absolute Gasteiger partial charge is 0.248 e. The number of aryl methyl sites for hydroxylation is 1. The van der Waals surface area contributed by atoms with E-state index < -0.39 is 6.04 Å². The molecule has 2 aliphatic heterocycles. The van der Waals surface area contributed by atoms with Crippen molar-refractivity contribution in [3.05, 3.63) is 28.8 Å². The number of hydrogen-bond donors (Lipinski definition) is 1. The maximum atomic E-state index is 12.5. The lowest BCUT2D eigenvalue weighted by atomic mass is 10.1. The first-order valence-electron chi connectivity index (χ1n) is 6.94.